The Hall–Kier alpha value is -3.58. The van der Waals surface area contributed by atoms with Crippen molar-refractivity contribution in [1.82, 2.24) is 5.32 Å². The number of dihydropyridines is 1. The lowest BCUT2D eigenvalue weighted by atomic mass is 9.72. The Morgan fingerprint density at radius 1 is 1.03 bits per heavy atom. The molecular weight excluding hydrogens is 454 g/mol. The second kappa shape index (κ2) is 8.99. The van der Waals surface area contributed by atoms with E-state index in [4.69, 9.17) is 0 Å². The highest BCUT2D eigenvalue weighted by atomic mass is 32.1. The second-order valence-electron chi connectivity index (χ2n) is 8.55. The van der Waals surface area contributed by atoms with Crippen molar-refractivity contribution in [2.75, 3.05) is 5.32 Å². The highest BCUT2D eigenvalue weighted by Crippen LogP contribution is 2.46. The fourth-order valence-corrected chi connectivity index (χ4v) is 5.68. The first-order chi connectivity index (χ1) is 16.4. The number of anilines is 1. The molecule has 0 fully saturated rings. The monoisotopic (exact) mass is 476 g/mol. The van der Waals surface area contributed by atoms with Crippen molar-refractivity contribution in [2.45, 2.75) is 31.6 Å². The summed E-state index contributed by atoms with van der Waals surface area (Å²) in [5.74, 6) is -2.12. The van der Waals surface area contributed by atoms with Crippen LogP contribution in [-0.4, -0.2) is 11.7 Å². The average molecular weight is 477 g/mol. The fraction of sp³-hybridized carbons (Fsp3) is 0.185. The van der Waals surface area contributed by atoms with Gasteiger partial charge in [0, 0.05) is 51.4 Å². The van der Waals surface area contributed by atoms with Gasteiger partial charge in [-0.15, -0.1) is 11.3 Å². The number of Topliss-reactive ketones (excluding diaryl/α,β-unsaturated/α-hetero) is 1. The van der Waals surface area contributed by atoms with E-state index < -0.39 is 23.5 Å². The summed E-state index contributed by atoms with van der Waals surface area (Å²) in [5, 5.41) is 8.03. The minimum Gasteiger partial charge on any atom is -0.362 e. The third-order valence-electron chi connectivity index (χ3n) is 6.28. The zero-order valence-corrected chi connectivity index (χ0v) is 19.2. The first-order valence-corrected chi connectivity index (χ1v) is 11.9. The van der Waals surface area contributed by atoms with Crippen molar-refractivity contribution in [1.29, 1.82) is 0 Å². The number of benzene rings is 2. The molecule has 0 radical (unpaired) electrons. The molecule has 1 aromatic heterocycles. The van der Waals surface area contributed by atoms with Gasteiger partial charge in [-0.05, 0) is 60.7 Å². The van der Waals surface area contributed by atoms with Crippen molar-refractivity contribution >= 4 is 28.7 Å². The fourth-order valence-electron chi connectivity index (χ4n) is 4.85. The van der Waals surface area contributed by atoms with E-state index in [-0.39, 0.29) is 11.7 Å². The Morgan fingerprint density at radius 3 is 2.50 bits per heavy atom. The van der Waals surface area contributed by atoms with Gasteiger partial charge < -0.3 is 10.6 Å². The smallest absolute Gasteiger partial charge is 0.254 e. The Balaban J connectivity index is 1.57. The van der Waals surface area contributed by atoms with Crippen molar-refractivity contribution in [3.63, 3.8) is 0 Å². The lowest BCUT2D eigenvalue weighted by molar-refractivity contribution is -0.116. The van der Waals surface area contributed by atoms with E-state index in [9.17, 15) is 18.4 Å². The van der Waals surface area contributed by atoms with E-state index in [0.717, 1.165) is 10.6 Å². The number of carbonyl (C=O) groups is 2. The third-order valence-corrected chi connectivity index (χ3v) is 7.32. The van der Waals surface area contributed by atoms with Crippen LogP contribution in [0, 0.1) is 11.6 Å². The summed E-state index contributed by atoms with van der Waals surface area (Å²) in [7, 11) is 0. The molecule has 1 amide bonds. The van der Waals surface area contributed by atoms with E-state index in [1.54, 1.807) is 36.5 Å². The van der Waals surface area contributed by atoms with E-state index in [1.165, 1.54) is 30.3 Å². The second-order valence-corrected chi connectivity index (χ2v) is 9.53. The molecule has 2 N–H and O–H groups in total. The van der Waals surface area contributed by atoms with Gasteiger partial charge in [0.25, 0.3) is 5.91 Å². The largest absolute Gasteiger partial charge is 0.362 e. The number of thiophene rings is 1. The van der Waals surface area contributed by atoms with Crippen molar-refractivity contribution in [3.8, 4) is 0 Å². The molecule has 34 heavy (non-hydrogen) atoms. The lowest BCUT2D eigenvalue weighted by Gasteiger charge is -2.36. The van der Waals surface area contributed by atoms with E-state index >= 15 is 0 Å². The van der Waals surface area contributed by atoms with Crippen LogP contribution >= 0.6 is 11.3 Å². The van der Waals surface area contributed by atoms with Gasteiger partial charge >= 0.3 is 0 Å². The maximum absolute atomic E-state index is 14.2. The highest BCUT2D eigenvalue weighted by Gasteiger charge is 2.41. The predicted molar refractivity (Wildman–Crippen MR) is 128 cm³/mol. The van der Waals surface area contributed by atoms with Crippen LogP contribution in [0.5, 0.6) is 0 Å². The SMILES string of the molecule is CC1=C(C(=O)Nc2cccc(F)c2)[C@H](c2cccc(F)c2)C2=C(C[C@H](c3cccs3)CC2=O)N1. The van der Waals surface area contributed by atoms with Crippen LogP contribution in [0.2, 0.25) is 0 Å². The summed E-state index contributed by atoms with van der Waals surface area (Å²) in [4.78, 5) is 28.1. The van der Waals surface area contributed by atoms with Gasteiger partial charge in [-0.25, -0.2) is 8.78 Å². The number of halogens is 2. The van der Waals surface area contributed by atoms with Gasteiger partial charge in [0.1, 0.15) is 11.6 Å². The average Bonchev–Trinajstić information content (AvgIpc) is 3.33. The molecule has 172 valence electrons. The molecule has 0 bridgehead atoms. The van der Waals surface area contributed by atoms with Crippen molar-refractivity contribution in [3.05, 3.63) is 111 Å². The Kier molecular flexibility index (Phi) is 5.87. The standard InChI is InChI=1S/C27H22F2N2O2S/c1-15-24(27(33)31-20-8-3-7-19(29)14-20)25(16-5-2-6-18(28)11-16)26-21(30-15)12-17(13-22(26)32)23-9-4-10-34-23/h2-11,14,17,25,30H,12-13H2,1H3,(H,31,33)/t17-,25-/m0/s1. The Labute approximate surface area is 200 Å². The third kappa shape index (κ3) is 4.19. The molecule has 4 nitrogen and oxygen atoms in total. The first kappa shape index (κ1) is 22.2. The van der Waals surface area contributed by atoms with Crippen LogP contribution in [0.1, 0.15) is 42.0 Å². The van der Waals surface area contributed by atoms with Crippen LogP contribution < -0.4 is 10.6 Å². The molecule has 2 heterocycles. The first-order valence-electron chi connectivity index (χ1n) is 11.0. The van der Waals surface area contributed by atoms with E-state index in [1.807, 2.05) is 17.5 Å². The molecule has 5 rings (SSSR count). The number of ketones is 1. The molecule has 2 atom stereocenters. The Bertz CT molecular complexity index is 1340. The molecule has 2 aromatic carbocycles. The molecule has 1 aliphatic heterocycles. The summed E-state index contributed by atoms with van der Waals surface area (Å²) >= 11 is 1.62. The molecule has 0 saturated carbocycles. The minimum atomic E-state index is -0.725. The van der Waals surface area contributed by atoms with Crippen LogP contribution in [0.25, 0.3) is 0 Å². The number of rotatable bonds is 4. The van der Waals surface area contributed by atoms with Gasteiger partial charge in [0.15, 0.2) is 5.78 Å². The molecule has 0 spiro atoms. The van der Waals surface area contributed by atoms with Crippen LogP contribution in [0.3, 0.4) is 0 Å². The minimum absolute atomic E-state index is 0.0578. The van der Waals surface area contributed by atoms with Crippen LogP contribution in [0.4, 0.5) is 14.5 Å². The van der Waals surface area contributed by atoms with Gasteiger partial charge in [-0.1, -0.05) is 24.3 Å². The molecule has 3 aromatic rings. The molecule has 0 unspecified atom stereocenters. The molecule has 0 saturated heterocycles. The predicted octanol–water partition coefficient (Wildman–Crippen LogP) is 6.03. The molecule has 1 aliphatic carbocycles. The van der Waals surface area contributed by atoms with Gasteiger partial charge in [0.05, 0.1) is 0 Å². The number of nitrogens with one attached hydrogen (secondary N) is 2. The summed E-state index contributed by atoms with van der Waals surface area (Å²) in [6.07, 6.45) is 0.953. The summed E-state index contributed by atoms with van der Waals surface area (Å²) in [6, 6.07) is 15.6. The van der Waals surface area contributed by atoms with Gasteiger partial charge in [-0.3, -0.25) is 9.59 Å². The number of allylic oxidation sites excluding steroid dienone is 3. The molecule has 2 aliphatic rings. The van der Waals surface area contributed by atoms with E-state index in [0.29, 0.717) is 40.9 Å². The Morgan fingerprint density at radius 2 is 1.79 bits per heavy atom. The topological polar surface area (TPSA) is 58.2 Å². The van der Waals surface area contributed by atoms with Crippen LogP contribution in [-0.2, 0) is 9.59 Å². The number of hydrogen-bond acceptors (Lipinski definition) is 4. The molecular formula is C27H22F2N2O2S. The zero-order chi connectivity index (χ0) is 23.8. The van der Waals surface area contributed by atoms with Crippen LogP contribution in [0.15, 0.2) is 88.6 Å². The lowest BCUT2D eigenvalue weighted by Crippen LogP contribution is -2.37. The summed E-state index contributed by atoms with van der Waals surface area (Å²) in [6.45, 7) is 1.77. The van der Waals surface area contributed by atoms with Gasteiger partial charge in [0.2, 0.25) is 0 Å². The quantitative estimate of drug-likeness (QED) is 0.484. The summed E-state index contributed by atoms with van der Waals surface area (Å²) < 4.78 is 27.9. The number of amides is 1. The van der Waals surface area contributed by atoms with Crippen molar-refractivity contribution < 1.29 is 18.4 Å². The summed E-state index contributed by atoms with van der Waals surface area (Å²) in [5.41, 5.74) is 2.99. The van der Waals surface area contributed by atoms with Gasteiger partial charge in [-0.2, -0.15) is 0 Å². The zero-order valence-electron chi connectivity index (χ0n) is 18.4. The molecule has 7 heteroatoms. The normalized spacial score (nSPS) is 20.1. The number of hydrogen-bond donors (Lipinski definition) is 2. The maximum Gasteiger partial charge on any atom is 0.254 e. The maximum atomic E-state index is 14.2. The number of carbonyl (C=O) groups excluding carboxylic acids is 2. The highest BCUT2D eigenvalue weighted by molar-refractivity contribution is 7.10. The van der Waals surface area contributed by atoms with E-state index in [2.05, 4.69) is 10.6 Å². The van der Waals surface area contributed by atoms with Crippen molar-refractivity contribution in [2.24, 2.45) is 0 Å².